The standard InChI is InChI=1S/C19H33NO4/c1-6-14(2)8-7-9-15(3)12-16(4)17(19(22)23)13-18(21)20-10-11-24-5/h8,12,16-17H,6-7,9-11,13H2,1-5H3,(H,20,21)(H,22,23)/b14-8+,15-12+. The molecule has 0 aromatic rings. The average molecular weight is 339 g/mol. The summed E-state index contributed by atoms with van der Waals surface area (Å²) in [5.74, 6) is -2.09. The van der Waals surface area contributed by atoms with E-state index >= 15 is 0 Å². The van der Waals surface area contributed by atoms with Gasteiger partial charge in [-0.25, -0.2) is 0 Å². The second-order valence-corrected chi connectivity index (χ2v) is 6.31. The number of rotatable bonds is 12. The van der Waals surface area contributed by atoms with E-state index in [0.717, 1.165) is 24.8 Å². The molecule has 0 aliphatic rings. The molecule has 0 saturated carbocycles. The van der Waals surface area contributed by atoms with Crippen LogP contribution in [0.2, 0.25) is 0 Å². The molecule has 0 bridgehead atoms. The van der Waals surface area contributed by atoms with E-state index in [9.17, 15) is 14.7 Å². The Kier molecular flexibility index (Phi) is 11.9. The molecule has 24 heavy (non-hydrogen) atoms. The predicted octanol–water partition coefficient (Wildman–Crippen LogP) is 3.56. The Labute approximate surface area is 146 Å². The van der Waals surface area contributed by atoms with E-state index in [0.29, 0.717) is 13.2 Å². The maximum atomic E-state index is 11.8. The van der Waals surface area contributed by atoms with Crippen molar-refractivity contribution in [3.63, 3.8) is 0 Å². The summed E-state index contributed by atoms with van der Waals surface area (Å²) in [5.41, 5.74) is 2.53. The molecule has 0 fully saturated rings. The first kappa shape index (κ1) is 22.4. The number of methoxy groups -OCH3 is 1. The maximum absolute atomic E-state index is 11.8. The van der Waals surface area contributed by atoms with Crippen LogP contribution in [0, 0.1) is 11.8 Å². The number of hydrogen-bond donors (Lipinski definition) is 2. The van der Waals surface area contributed by atoms with Crippen LogP contribution in [0.4, 0.5) is 0 Å². The second-order valence-electron chi connectivity index (χ2n) is 6.31. The van der Waals surface area contributed by atoms with E-state index in [2.05, 4.69) is 25.2 Å². The van der Waals surface area contributed by atoms with Gasteiger partial charge in [0.2, 0.25) is 5.91 Å². The Hall–Kier alpha value is -1.62. The van der Waals surface area contributed by atoms with Crippen molar-refractivity contribution in [2.24, 2.45) is 11.8 Å². The van der Waals surface area contributed by atoms with Crippen LogP contribution in [0.1, 0.15) is 53.4 Å². The summed E-state index contributed by atoms with van der Waals surface area (Å²) in [5, 5.41) is 12.1. The van der Waals surface area contributed by atoms with Crippen LogP contribution >= 0.6 is 0 Å². The molecule has 0 aromatic carbocycles. The van der Waals surface area contributed by atoms with E-state index < -0.39 is 11.9 Å². The van der Waals surface area contributed by atoms with Gasteiger partial charge in [-0.15, -0.1) is 0 Å². The Balaban J connectivity index is 4.61. The third-order valence-corrected chi connectivity index (χ3v) is 4.12. The SMILES string of the molecule is CC/C(C)=C/CC/C(C)=C/C(C)C(CC(=O)NCCOC)C(=O)O. The van der Waals surface area contributed by atoms with Gasteiger partial charge >= 0.3 is 5.97 Å². The molecule has 1 amide bonds. The molecule has 0 heterocycles. The highest BCUT2D eigenvalue weighted by Gasteiger charge is 2.26. The van der Waals surface area contributed by atoms with Gasteiger partial charge in [-0.05, 0) is 39.0 Å². The molecule has 138 valence electrons. The fourth-order valence-corrected chi connectivity index (χ4v) is 2.40. The Morgan fingerprint density at radius 2 is 1.92 bits per heavy atom. The van der Waals surface area contributed by atoms with Crippen LogP contribution in [0.3, 0.4) is 0 Å². The molecule has 0 spiro atoms. The molecule has 0 rings (SSSR count). The average Bonchev–Trinajstić information content (AvgIpc) is 2.52. The molecule has 0 saturated heterocycles. The van der Waals surface area contributed by atoms with E-state index in [1.807, 2.05) is 19.9 Å². The molecular formula is C19H33NO4. The van der Waals surface area contributed by atoms with Gasteiger partial charge in [0.05, 0.1) is 12.5 Å². The van der Waals surface area contributed by atoms with Crippen LogP contribution in [0.25, 0.3) is 0 Å². The number of hydrogen-bond acceptors (Lipinski definition) is 3. The predicted molar refractivity (Wildman–Crippen MR) is 96.8 cm³/mol. The number of amides is 1. The summed E-state index contributed by atoms with van der Waals surface area (Å²) in [6.45, 7) is 8.94. The summed E-state index contributed by atoms with van der Waals surface area (Å²) in [6.07, 6.45) is 7.12. The highest BCUT2D eigenvalue weighted by atomic mass is 16.5. The lowest BCUT2D eigenvalue weighted by Crippen LogP contribution is -2.32. The lowest BCUT2D eigenvalue weighted by Gasteiger charge is -2.18. The van der Waals surface area contributed by atoms with Gasteiger partial charge < -0.3 is 15.2 Å². The maximum Gasteiger partial charge on any atom is 0.307 e. The van der Waals surface area contributed by atoms with Gasteiger partial charge in [-0.3, -0.25) is 9.59 Å². The van der Waals surface area contributed by atoms with Crippen molar-refractivity contribution in [2.75, 3.05) is 20.3 Å². The van der Waals surface area contributed by atoms with Crippen molar-refractivity contribution in [3.8, 4) is 0 Å². The van der Waals surface area contributed by atoms with E-state index in [1.54, 1.807) is 7.11 Å². The number of allylic oxidation sites excluding steroid dienone is 4. The number of carboxylic acids is 1. The molecule has 0 aliphatic carbocycles. The molecule has 2 atom stereocenters. The summed E-state index contributed by atoms with van der Waals surface area (Å²) >= 11 is 0. The fraction of sp³-hybridized carbons (Fsp3) is 0.684. The van der Waals surface area contributed by atoms with Gasteiger partial charge in [0.1, 0.15) is 0 Å². The van der Waals surface area contributed by atoms with Gasteiger partial charge in [-0.1, -0.05) is 37.1 Å². The Bertz CT molecular complexity index is 454. The molecule has 5 heteroatoms. The zero-order chi connectivity index (χ0) is 18.5. The minimum atomic E-state index is -0.935. The van der Waals surface area contributed by atoms with Crippen molar-refractivity contribution in [1.29, 1.82) is 0 Å². The first-order chi connectivity index (χ1) is 11.3. The van der Waals surface area contributed by atoms with Crippen LogP contribution < -0.4 is 5.32 Å². The molecular weight excluding hydrogens is 306 g/mol. The molecule has 0 aromatic heterocycles. The van der Waals surface area contributed by atoms with Gasteiger partial charge in [-0.2, -0.15) is 0 Å². The van der Waals surface area contributed by atoms with Gasteiger partial charge in [0.15, 0.2) is 0 Å². The Morgan fingerprint density at radius 3 is 2.46 bits per heavy atom. The van der Waals surface area contributed by atoms with Crippen LogP contribution in [0.5, 0.6) is 0 Å². The minimum Gasteiger partial charge on any atom is -0.481 e. The number of nitrogens with one attached hydrogen (secondary N) is 1. The highest BCUT2D eigenvalue weighted by Crippen LogP contribution is 2.21. The van der Waals surface area contributed by atoms with Crippen molar-refractivity contribution in [3.05, 3.63) is 23.3 Å². The van der Waals surface area contributed by atoms with Crippen molar-refractivity contribution in [2.45, 2.75) is 53.4 Å². The molecule has 0 aliphatic heterocycles. The van der Waals surface area contributed by atoms with E-state index in [4.69, 9.17) is 4.74 Å². The van der Waals surface area contributed by atoms with Gasteiger partial charge in [0, 0.05) is 20.1 Å². The summed E-state index contributed by atoms with van der Waals surface area (Å²) < 4.78 is 4.86. The van der Waals surface area contributed by atoms with Crippen molar-refractivity contribution in [1.82, 2.24) is 5.32 Å². The molecule has 2 N–H and O–H groups in total. The normalized spacial score (nSPS) is 15.0. The molecule has 0 radical (unpaired) electrons. The number of aliphatic carboxylic acids is 1. The van der Waals surface area contributed by atoms with Gasteiger partial charge in [0.25, 0.3) is 0 Å². The first-order valence-corrected chi connectivity index (χ1v) is 8.63. The van der Waals surface area contributed by atoms with Crippen LogP contribution in [0.15, 0.2) is 23.3 Å². The zero-order valence-corrected chi connectivity index (χ0v) is 15.7. The largest absolute Gasteiger partial charge is 0.481 e. The first-order valence-electron chi connectivity index (χ1n) is 8.63. The highest BCUT2D eigenvalue weighted by molar-refractivity contribution is 5.82. The topological polar surface area (TPSA) is 75.6 Å². The third kappa shape index (κ3) is 10.2. The summed E-state index contributed by atoms with van der Waals surface area (Å²) in [4.78, 5) is 23.3. The van der Waals surface area contributed by atoms with Crippen LogP contribution in [-0.4, -0.2) is 37.2 Å². The van der Waals surface area contributed by atoms with E-state index in [-0.39, 0.29) is 18.2 Å². The number of carbonyl (C=O) groups is 2. The number of carbonyl (C=O) groups excluding carboxylic acids is 1. The zero-order valence-electron chi connectivity index (χ0n) is 15.7. The minimum absolute atomic E-state index is 0.0150. The summed E-state index contributed by atoms with van der Waals surface area (Å²) in [7, 11) is 1.55. The van der Waals surface area contributed by atoms with Crippen molar-refractivity contribution < 1.29 is 19.4 Å². The lowest BCUT2D eigenvalue weighted by molar-refractivity contribution is -0.145. The van der Waals surface area contributed by atoms with Crippen LogP contribution in [-0.2, 0) is 14.3 Å². The summed E-state index contributed by atoms with van der Waals surface area (Å²) in [6, 6.07) is 0. The second kappa shape index (κ2) is 12.8. The third-order valence-electron chi connectivity index (χ3n) is 4.12. The van der Waals surface area contributed by atoms with E-state index in [1.165, 1.54) is 5.57 Å². The number of carboxylic acid groups (broad SMARTS) is 1. The Morgan fingerprint density at radius 1 is 1.25 bits per heavy atom. The monoisotopic (exact) mass is 339 g/mol. The van der Waals surface area contributed by atoms with Crippen molar-refractivity contribution >= 4 is 11.9 Å². The number of ether oxygens (including phenoxy) is 1. The fourth-order valence-electron chi connectivity index (χ4n) is 2.40. The quantitative estimate of drug-likeness (QED) is 0.421. The lowest BCUT2D eigenvalue weighted by atomic mass is 9.88. The molecule has 2 unspecified atom stereocenters. The smallest absolute Gasteiger partial charge is 0.307 e. The molecule has 5 nitrogen and oxygen atoms in total.